The van der Waals surface area contributed by atoms with E-state index in [1.165, 1.54) is 0 Å². The molecule has 1 saturated carbocycles. The van der Waals surface area contributed by atoms with Crippen LogP contribution < -0.4 is 0 Å². The Bertz CT molecular complexity index is 408. The van der Waals surface area contributed by atoms with Gasteiger partial charge >= 0.3 is 0 Å². The smallest absolute Gasteiger partial charge is 0.246 e. The Morgan fingerprint density at radius 3 is 2.35 bits per heavy atom. The number of ether oxygens (including phenoxy) is 1. The second-order valence-corrected chi connectivity index (χ2v) is 4.24. The van der Waals surface area contributed by atoms with E-state index < -0.39 is 17.5 Å². The summed E-state index contributed by atoms with van der Waals surface area (Å²) in [7, 11) is 2.92. The van der Waals surface area contributed by atoms with Crippen molar-refractivity contribution in [2.45, 2.75) is 31.7 Å². The van der Waals surface area contributed by atoms with Gasteiger partial charge in [-0.2, -0.15) is 0 Å². The van der Waals surface area contributed by atoms with Crippen LogP contribution in [0.15, 0.2) is 12.1 Å². The van der Waals surface area contributed by atoms with Crippen LogP contribution in [0.2, 0.25) is 0 Å². The molecule has 0 amide bonds. The van der Waals surface area contributed by atoms with Gasteiger partial charge in [-0.05, 0) is 18.9 Å². The molecule has 0 aliphatic heterocycles. The minimum Gasteiger partial charge on any atom is -0.416 e. The molecular formula is C11H10F3O2Si. The summed E-state index contributed by atoms with van der Waals surface area (Å²) in [5, 5.41) is 0. The summed E-state index contributed by atoms with van der Waals surface area (Å²) < 4.78 is 49.0. The Morgan fingerprint density at radius 1 is 1.06 bits per heavy atom. The van der Waals surface area contributed by atoms with Gasteiger partial charge in [-0.3, -0.25) is 0 Å². The highest BCUT2D eigenvalue weighted by Crippen LogP contribution is 2.27. The van der Waals surface area contributed by atoms with Gasteiger partial charge in [0.2, 0.25) is 10.5 Å². The highest BCUT2D eigenvalue weighted by Gasteiger charge is 2.29. The van der Waals surface area contributed by atoms with E-state index in [2.05, 4.69) is 10.5 Å². The molecule has 2 rings (SSSR count). The molecule has 0 aromatic heterocycles. The van der Waals surface area contributed by atoms with E-state index in [4.69, 9.17) is 9.16 Å². The normalized spacial score (nSPS) is 23.5. The highest BCUT2D eigenvalue weighted by atomic mass is 28.2. The minimum atomic E-state index is -1.19. The molecule has 0 heterocycles. The zero-order valence-electron chi connectivity index (χ0n) is 8.88. The van der Waals surface area contributed by atoms with Crippen molar-refractivity contribution < 1.29 is 22.3 Å². The summed E-state index contributed by atoms with van der Waals surface area (Å²) in [6.45, 7) is -0.0673. The topological polar surface area (TPSA) is 18.5 Å². The quantitative estimate of drug-likeness (QED) is 0.610. The molecule has 0 atom stereocenters. The molecule has 1 aromatic carbocycles. The third kappa shape index (κ3) is 2.88. The molecule has 1 aromatic rings. The van der Waals surface area contributed by atoms with E-state index in [1.807, 2.05) is 0 Å². The van der Waals surface area contributed by atoms with Crippen LogP contribution in [0.25, 0.3) is 0 Å². The lowest BCUT2D eigenvalue weighted by atomic mass is 9.92. The summed E-state index contributed by atoms with van der Waals surface area (Å²) in [5.41, 5.74) is 0.0200. The molecule has 0 N–H and O–H groups in total. The largest absolute Gasteiger partial charge is 0.416 e. The lowest BCUT2D eigenvalue weighted by molar-refractivity contribution is -0.0672. The van der Waals surface area contributed by atoms with Gasteiger partial charge in [-0.15, -0.1) is 0 Å². The van der Waals surface area contributed by atoms with E-state index >= 15 is 0 Å². The fourth-order valence-corrected chi connectivity index (χ4v) is 1.82. The molecule has 6 heteroatoms. The third-order valence-corrected chi connectivity index (χ3v) is 3.12. The van der Waals surface area contributed by atoms with Gasteiger partial charge in [-0.1, -0.05) is 0 Å². The molecule has 0 bridgehead atoms. The van der Waals surface area contributed by atoms with Crippen molar-refractivity contribution in [3.63, 3.8) is 0 Å². The zero-order chi connectivity index (χ0) is 12.4. The maximum atomic E-state index is 13.2. The number of rotatable bonds is 4. The zero-order valence-corrected chi connectivity index (χ0v) is 9.88. The first-order valence-electron chi connectivity index (χ1n) is 5.17. The van der Waals surface area contributed by atoms with Gasteiger partial charge in [0.1, 0.15) is 5.82 Å². The minimum absolute atomic E-state index is 0.0200. The lowest BCUT2D eigenvalue weighted by Gasteiger charge is -2.34. The number of benzene rings is 1. The molecule has 2 nitrogen and oxygen atoms in total. The van der Waals surface area contributed by atoms with Gasteiger partial charge in [0.25, 0.3) is 0 Å². The van der Waals surface area contributed by atoms with Crippen molar-refractivity contribution in [1.82, 2.24) is 0 Å². The van der Waals surface area contributed by atoms with Crippen LogP contribution in [0.4, 0.5) is 13.2 Å². The first-order valence-corrected chi connectivity index (χ1v) is 5.58. The van der Waals surface area contributed by atoms with Crippen LogP contribution in [-0.4, -0.2) is 22.7 Å². The molecule has 0 unspecified atom stereocenters. The van der Waals surface area contributed by atoms with E-state index in [0.29, 0.717) is 18.9 Å². The SMILES string of the molecule is Fc1cc(F)c(COC2CC(O[Si])C2)cc1F. The van der Waals surface area contributed by atoms with Gasteiger partial charge in [0.05, 0.1) is 12.7 Å². The number of hydrogen-bond donors (Lipinski definition) is 0. The summed E-state index contributed by atoms with van der Waals surface area (Å²) in [6.07, 6.45) is 1.49. The standard InChI is InChI=1S/C11H10F3O2Si/c12-9-4-11(14)10(13)1-6(9)5-15-7-2-8(3-7)16-17/h1,4,7-8H,2-3,5H2. The van der Waals surface area contributed by atoms with Crippen LogP contribution in [0.3, 0.4) is 0 Å². The van der Waals surface area contributed by atoms with Gasteiger partial charge in [0.15, 0.2) is 11.6 Å². The number of hydrogen-bond acceptors (Lipinski definition) is 2. The molecule has 1 aliphatic carbocycles. The predicted octanol–water partition coefficient (Wildman–Crippen LogP) is 2.25. The maximum absolute atomic E-state index is 13.2. The highest BCUT2D eigenvalue weighted by molar-refractivity contribution is 5.98. The summed E-state index contributed by atoms with van der Waals surface area (Å²) in [5.74, 6) is -3.06. The lowest BCUT2D eigenvalue weighted by Crippen LogP contribution is -2.37. The van der Waals surface area contributed by atoms with Crippen molar-refractivity contribution in [2.24, 2.45) is 0 Å². The van der Waals surface area contributed by atoms with Gasteiger partial charge in [-0.25, -0.2) is 13.2 Å². The van der Waals surface area contributed by atoms with Crippen LogP contribution in [0.1, 0.15) is 18.4 Å². The van der Waals surface area contributed by atoms with E-state index in [1.54, 1.807) is 0 Å². The molecule has 0 spiro atoms. The second kappa shape index (κ2) is 5.20. The monoisotopic (exact) mass is 259 g/mol. The van der Waals surface area contributed by atoms with E-state index in [9.17, 15) is 13.2 Å². The van der Waals surface area contributed by atoms with Crippen LogP contribution in [0, 0.1) is 17.5 Å². The first-order chi connectivity index (χ1) is 8.10. The van der Waals surface area contributed by atoms with Crippen molar-refractivity contribution >= 4 is 10.5 Å². The number of halogens is 3. The molecule has 17 heavy (non-hydrogen) atoms. The molecule has 0 saturated heterocycles. The van der Waals surface area contributed by atoms with Gasteiger partial charge < -0.3 is 9.16 Å². The third-order valence-electron chi connectivity index (χ3n) is 2.78. The Hall–Kier alpha value is -0.853. The molecule has 91 valence electrons. The summed E-state index contributed by atoms with van der Waals surface area (Å²) >= 11 is 0. The first kappa shape index (κ1) is 12.6. The summed E-state index contributed by atoms with van der Waals surface area (Å²) in [6, 6.07) is 1.35. The van der Waals surface area contributed by atoms with E-state index in [0.717, 1.165) is 6.07 Å². The Kier molecular flexibility index (Phi) is 3.85. The molecular weight excluding hydrogens is 249 g/mol. The molecule has 3 radical (unpaired) electrons. The van der Waals surface area contributed by atoms with E-state index in [-0.39, 0.29) is 24.4 Å². The Balaban J connectivity index is 1.89. The average molecular weight is 259 g/mol. The molecule has 1 aliphatic rings. The van der Waals surface area contributed by atoms with Crippen molar-refractivity contribution in [3.8, 4) is 0 Å². The Morgan fingerprint density at radius 2 is 1.71 bits per heavy atom. The van der Waals surface area contributed by atoms with Gasteiger partial charge in [0, 0.05) is 17.7 Å². The van der Waals surface area contributed by atoms with Crippen LogP contribution in [-0.2, 0) is 15.8 Å². The maximum Gasteiger partial charge on any atom is 0.246 e. The fourth-order valence-electron chi connectivity index (χ4n) is 1.63. The Labute approximate surface area is 100 Å². The van der Waals surface area contributed by atoms with Crippen LogP contribution >= 0.6 is 0 Å². The average Bonchev–Trinajstić information content (AvgIpc) is 2.23. The van der Waals surface area contributed by atoms with Crippen molar-refractivity contribution in [2.75, 3.05) is 0 Å². The van der Waals surface area contributed by atoms with Crippen molar-refractivity contribution in [1.29, 1.82) is 0 Å². The summed E-state index contributed by atoms with van der Waals surface area (Å²) in [4.78, 5) is 0. The predicted molar refractivity (Wildman–Crippen MR) is 54.8 cm³/mol. The van der Waals surface area contributed by atoms with Crippen molar-refractivity contribution in [3.05, 3.63) is 35.1 Å². The van der Waals surface area contributed by atoms with Crippen LogP contribution in [0.5, 0.6) is 0 Å². The molecule has 1 fully saturated rings. The second-order valence-electron chi connectivity index (χ2n) is 4.00. The fraction of sp³-hybridized carbons (Fsp3) is 0.455.